The van der Waals surface area contributed by atoms with E-state index < -0.39 is 23.9 Å². The number of aliphatic carboxylic acids is 1. The summed E-state index contributed by atoms with van der Waals surface area (Å²) in [5.74, 6) is -1.78. The summed E-state index contributed by atoms with van der Waals surface area (Å²) < 4.78 is 4.91. The Morgan fingerprint density at radius 3 is 2.57 bits per heavy atom. The van der Waals surface area contributed by atoms with Crippen LogP contribution in [-0.2, 0) is 9.59 Å². The maximum Gasteiger partial charge on any atom is 0.326 e. The summed E-state index contributed by atoms with van der Waals surface area (Å²) in [7, 11) is 0. The van der Waals surface area contributed by atoms with Crippen molar-refractivity contribution in [1.82, 2.24) is 5.32 Å². The molecule has 0 radical (unpaired) electrons. The van der Waals surface area contributed by atoms with Gasteiger partial charge in [0.2, 0.25) is 0 Å². The van der Waals surface area contributed by atoms with Crippen LogP contribution in [0.4, 0.5) is 0 Å². The molecule has 1 aromatic carbocycles. The summed E-state index contributed by atoms with van der Waals surface area (Å²) >= 11 is 0. The first-order valence-electron chi connectivity index (χ1n) is 7.76. The molecule has 6 heteroatoms. The van der Waals surface area contributed by atoms with Gasteiger partial charge in [-0.25, -0.2) is 4.79 Å². The van der Waals surface area contributed by atoms with Gasteiger partial charge in [-0.2, -0.15) is 0 Å². The number of carbonyl (C=O) groups is 3. The Morgan fingerprint density at radius 2 is 1.96 bits per heavy atom. The molecular formula is C17H23NO5. The SMILES string of the molecule is CCCCCC[C@H](NC(=O)c1cccc(OC(C)=O)c1)C(=O)O. The average Bonchev–Trinajstić information content (AvgIpc) is 2.49. The van der Waals surface area contributed by atoms with Gasteiger partial charge in [0.05, 0.1) is 0 Å². The van der Waals surface area contributed by atoms with E-state index in [9.17, 15) is 19.5 Å². The fraction of sp³-hybridized carbons (Fsp3) is 0.471. The van der Waals surface area contributed by atoms with Crippen molar-refractivity contribution in [3.8, 4) is 5.75 Å². The van der Waals surface area contributed by atoms with Crippen molar-refractivity contribution in [2.75, 3.05) is 0 Å². The predicted molar refractivity (Wildman–Crippen MR) is 85.4 cm³/mol. The third-order valence-electron chi connectivity index (χ3n) is 3.31. The zero-order valence-electron chi connectivity index (χ0n) is 13.5. The second-order valence-corrected chi connectivity index (χ2v) is 5.34. The van der Waals surface area contributed by atoms with Crippen molar-refractivity contribution in [2.24, 2.45) is 0 Å². The van der Waals surface area contributed by atoms with E-state index >= 15 is 0 Å². The number of carboxylic acids is 1. The molecule has 0 saturated carbocycles. The highest BCUT2D eigenvalue weighted by molar-refractivity contribution is 5.97. The van der Waals surface area contributed by atoms with Crippen molar-refractivity contribution < 1.29 is 24.2 Å². The summed E-state index contributed by atoms with van der Waals surface area (Å²) in [5, 5.41) is 11.7. The fourth-order valence-corrected chi connectivity index (χ4v) is 2.14. The van der Waals surface area contributed by atoms with E-state index in [1.165, 1.54) is 13.0 Å². The van der Waals surface area contributed by atoms with E-state index in [1.54, 1.807) is 18.2 Å². The van der Waals surface area contributed by atoms with Crippen LogP contribution in [0.5, 0.6) is 5.75 Å². The van der Waals surface area contributed by atoms with Crippen LogP contribution in [0.25, 0.3) is 0 Å². The number of amides is 1. The first kappa shape index (κ1) is 18.7. The maximum absolute atomic E-state index is 12.2. The van der Waals surface area contributed by atoms with E-state index in [-0.39, 0.29) is 11.3 Å². The minimum absolute atomic E-state index is 0.250. The van der Waals surface area contributed by atoms with E-state index in [4.69, 9.17) is 4.74 Å². The summed E-state index contributed by atoms with van der Waals surface area (Å²) in [6.45, 7) is 3.34. The molecule has 1 amide bonds. The zero-order valence-corrected chi connectivity index (χ0v) is 13.5. The number of rotatable bonds is 9. The summed E-state index contributed by atoms with van der Waals surface area (Å²) in [6.07, 6.45) is 4.19. The van der Waals surface area contributed by atoms with Gasteiger partial charge in [-0.05, 0) is 24.6 Å². The fourth-order valence-electron chi connectivity index (χ4n) is 2.14. The molecule has 0 heterocycles. The smallest absolute Gasteiger partial charge is 0.326 e. The minimum Gasteiger partial charge on any atom is -0.480 e. The molecule has 23 heavy (non-hydrogen) atoms. The van der Waals surface area contributed by atoms with Crippen LogP contribution in [0.2, 0.25) is 0 Å². The Kier molecular flexibility index (Phi) is 7.80. The number of benzene rings is 1. The molecule has 126 valence electrons. The Hall–Kier alpha value is -2.37. The molecule has 0 aliphatic heterocycles. The zero-order chi connectivity index (χ0) is 17.2. The van der Waals surface area contributed by atoms with Crippen LogP contribution in [0.15, 0.2) is 24.3 Å². The van der Waals surface area contributed by atoms with Gasteiger partial charge >= 0.3 is 11.9 Å². The third kappa shape index (κ3) is 6.95. The number of esters is 1. The Morgan fingerprint density at radius 1 is 1.22 bits per heavy atom. The van der Waals surface area contributed by atoms with E-state index in [1.807, 2.05) is 0 Å². The largest absolute Gasteiger partial charge is 0.480 e. The molecule has 0 bridgehead atoms. The van der Waals surface area contributed by atoms with Crippen molar-refractivity contribution in [1.29, 1.82) is 0 Å². The highest BCUT2D eigenvalue weighted by Crippen LogP contribution is 2.14. The van der Waals surface area contributed by atoms with Gasteiger partial charge in [0.25, 0.3) is 5.91 Å². The molecule has 1 atom stereocenters. The number of carboxylic acid groups (broad SMARTS) is 1. The maximum atomic E-state index is 12.2. The monoisotopic (exact) mass is 321 g/mol. The summed E-state index contributed by atoms with van der Waals surface area (Å²) in [4.78, 5) is 34.4. The highest BCUT2D eigenvalue weighted by atomic mass is 16.5. The molecule has 0 aromatic heterocycles. The van der Waals surface area contributed by atoms with Gasteiger partial charge in [0, 0.05) is 12.5 Å². The number of hydrogen-bond acceptors (Lipinski definition) is 4. The molecule has 0 unspecified atom stereocenters. The van der Waals surface area contributed by atoms with Gasteiger partial charge in [0.1, 0.15) is 11.8 Å². The van der Waals surface area contributed by atoms with Crippen LogP contribution in [0.3, 0.4) is 0 Å². The molecule has 2 N–H and O–H groups in total. The molecule has 0 fully saturated rings. The van der Waals surface area contributed by atoms with Gasteiger partial charge in [-0.1, -0.05) is 38.7 Å². The minimum atomic E-state index is -1.05. The Bertz CT molecular complexity index is 556. The lowest BCUT2D eigenvalue weighted by atomic mass is 10.1. The van der Waals surface area contributed by atoms with E-state index in [2.05, 4.69) is 12.2 Å². The lowest BCUT2D eigenvalue weighted by Gasteiger charge is -2.14. The van der Waals surface area contributed by atoms with Crippen LogP contribution >= 0.6 is 0 Å². The van der Waals surface area contributed by atoms with Crippen molar-refractivity contribution in [3.05, 3.63) is 29.8 Å². The van der Waals surface area contributed by atoms with Crippen LogP contribution in [0, 0.1) is 0 Å². The average molecular weight is 321 g/mol. The molecule has 1 aromatic rings. The lowest BCUT2D eigenvalue weighted by molar-refractivity contribution is -0.139. The van der Waals surface area contributed by atoms with Crippen molar-refractivity contribution in [2.45, 2.75) is 52.0 Å². The van der Waals surface area contributed by atoms with Crippen LogP contribution in [0.1, 0.15) is 56.3 Å². The quantitative estimate of drug-likeness (QED) is 0.414. The summed E-state index contributed by atoms with van der Waals surface area (Å²) in [5.41, 5.74) is 0.253. The topological polar surface area (TPSA) is 92.7 Å². The standard InChI is InChI=1S/C17H23NO5/c1-3-4-5-6-10-15(17(21)22)18-16(20)13-8-7-9-14(11-13)23-12(2)19/h7-9,11,15H,3-6,10H2,1-2H3,(H,18,20)(H,21,22)/t15-/m0/s1. The normalized spacial score (nSPS) is 11.6. The van der Waals surface area contributed by atoms with Crippen LogP contribution < -0.4 is 10.1 Å². The van der Waals surface area contributed by atoms with Gasteiger partial charge < -0.3 is 15.2 Å². The van der Waals surface area contributed by atoms with E-state index in [0.29, 0.717) is 6.42 Å². The van der Waals surface area contributed by atoms with Crippen LogP contribution in [-0.4, -0.2) is 29.0 Å². The first-order chi connectivity index (χ1) is 10.9. The molecule has 6 nitrogen and oxygen atoms in total. The van der Waals surface area contributed by atoms with Gasteiger partial charge in [-0.3, -0.25) is 9.59 Å². The Labute approximate surface area is 135 Å². The van der Waals surface area contributed by atoms with Gasteiger partial charge in [0.15, 0.2) is 0 Å². The predicted octanol–water partition coefficient (Wildman–Crippen LogP) is 2.77. The first-order valence-corrected chi connectivity index (χ1v) is 7.76. The molecule has 0 spiro atoms. The molecule has 1 rings (SSSR count). The highest BCUT2D eigenvalue weighted by Gasteiger charge is 2.20. The second-order valence-electron chi connectivity index (χ2n) is 5.34. The second kappa shape index (κ2) is 9.61. The number of unbranched alkanes of at least 4 members (excludes halogenated alkanes) is 3. The number of hydrogen-bond donors (Lipinski definition) is 2. The van der Waals surface area contributed by atoms with Gasteiger partial charge in [-0.15, -0.1) is 0 Å². The number of nitrogens with one attached hydrogen (secondary N) is 1. The molecular weight excluding hydrogens is 298 g/mol. The van der Waals surface area contributed by atoms with E-state index in [0.717, 1.165) is 25.7 Å². The molecule has 0 aliphatic carbocycles. The number of carbonyl (C=O) groups excluding carboxylic acids is 2. The number of ether oxygens (including phenoxy) is 1. The molecule has 0 saturated heterocycles. The van der Waals surface area contributed by atoms with Crippen molar-refractivity contribution in [3.63, 3.8) is 0 Å². The van der Waals surface area contributed by atoms with Crippen molar-refractivity contribution >= 4 is 17.8 Å². The molecule has 0 aliphatic rings. The Balaban J connectivity index is 2.67. The summed E-state index contributed by atoms with van der Waals surface area (Å²) in [6, 6.07) is 5.16. The third-order valence-corrected chi connectivity index (χ3v) is 3.31. The lowest BCUT2D eigenvalue weighted by Crippen LogP contribution is -2.40.